The van der Waals surface area contributed by atoms with Gasteiger partial charge in [0.1, 0.15) is 0 Å². The minimum Gasteiger partial charge on any atom is -0.311 e. The van der Waals surface area contributed by atoms with E-state index in [0.29, 0.717) is 0 Å². The Morgan fingerprint density at radius 2 is 0.653 bits per heavy atom. The Hall–Kier alpha value is -5.66. The van der Waals surface area contributed by atoms with Gasteiger partial charge >= 0.3 is 0 Å². The van der Waals surface area contributed by atoms with E-state index in [-0.39, 0.29) is 10.8 Å². The zero-order chi connectivity index (χ0) is 33.6. The first-order valence-electron chi connectivity index (χ1n) is 17.3. The Morgan fingerprint density at radius 1 is 0.306 bits per heavy atom. The molecule has 0 atom stereocenters. The molecule has 0 heterocycles. The van der Waals surface area contributed by atoms with Crippen molar-refractivity contribution in [3.63, 3.8) is 0 Å². The molecule has 1 aliphatic carbocycles. The monoisotopic (exact) mass is 631 g/mol. The largest absolute Gasteiger partial charge is 0.311 e. The highest BCUT2D eigenvalue weighted by Gasteiger charge is 2.45. The van der Waals surface area contributed by atoms with Gasteiger partial charge in [0.2, 0.25) is 0 Å². The van der Waals surface area contributed by atoms with Crippen LogP contribution in [-0.4, -0.2) is 0 Å². The van der Waals surface area contributed by atoms with E-state index >= 15 is 0 Å². The Kier molecular flexibility index (Phi) is 7.57. The van der Waals surface area contributed by atoms with E-state index in [1.54, 1.807) is 0 Å². The number of hydrogen-bond acceptors (Lipinski definition) is 1. The summed E-state index contributed by atoms with van der Waals surface area (Å²) in [6.45, 7) is 9.59. The van der Waals surface area contributed by atoms with Crippen LogP contribution in [0.4, 0.5) is 17.1 Å². The maximum Gasteiger partial charge on any atom is 0.0462 e. The predicted octanol–water partition coefficient (Wildman–Crippen LogP) is 13.4. The van der Waals surface area contributed by atoms with Gasteiger partial charge in [0.15, 0.2) is 0 Å². The molecular weight excluding hydrogens is 591 g/mol. The van der Waals surface area contributed by atoms with Crippen LogP contribution in [0.2, 0.25) is 0 Å². The molecule has 0 amide bonds. The molecule has 0 saturated carbocycles. The average Bonchev–Trinajstić information content (AvgIpc) is 3.16. The van der Waals surface area contributed by atoms with Gasteiger partial charge in [-0.15, -0.1) is 0 Å². The van der Waals surface area contributed by atoms with Crippen LogP contribution in [0.1, 0.15) is 38.8 Å². The number of anilines is 3. The fraction of sp³-hybridized carbons (Fsp3) is 0.125. The standard InChI is InChI=1S/C48H41N/c1-47(2)45-18-12-11-17-43(45)44-32-25-39(33-46(44)48(47,3)4)38-23-30-42(31-24-38)49(40-26-19-36(20-27-40)34-13-7-5-8-14-34)41-28-21-37(22-29-41)35-15-9-6-10-16-35/h5-33H,1-4H3. The number of hydrogen-bond donors (Lipinski definition) is 0. The van der Waals surface area contributed by atoms with Gasteiger partial charge in [-0.3, -0.25) is 0 Å². The highest BCUT2D eigenvalue weighted by atomic mass is 15.1. The summed E-state index contributed by atoms with van der Waals surface area (Å²) < 4.78 is 0. The van der Waals surface area contributed by atoms with Crippen LogP contribution >= 0.6 is 0 Å². The van der Waals surface area contributed by atoms with Crippen molar-refractivity contribution in [3.8, 4) is 44.5 Å². The molecule has 0 aromatic heterocycles. The molecule has 0 aliphatic heterocycles. The summed E-state index contributed by atoms with van der Waals surface area (Å²) in [6.07, 6.45) is 0. The maximum absolute atomic E-state index is 2.43. The summed E-state index contributed by atoms with van der Waals surface area (Å²) in [5.41, 5.74) is 16.2. The van der Waals surface area contributed by atoms with Crippen molar-refractivity contribution in [2.24, 2.45) is 0 Å². The second-order valence-electron chi connectivity index (χ2n) is 14.3. The van der Waals surface area contributed by atoms with E-state index < -0.39 is 0 Å². The summed E-state index contributed by atoms with van der Waals surface area (Å²) in [4.78, 5) is 2.35. The van der Waals surface area contributed by atoms with Gasteiger partial charge in [0, 0.05) is 17.1 Å². The molecule has 1 aliphatic rings. The lowest BCUT2D eigenvalue weighted by Crippen LogP contribution is -2.43. The van der Waals surface area contributed by atoms with Gasteiger partial charge in [-0.25, -0.2) is 0 Å². The van der Waals surface area contributed by atoms with Crippen molar-refractivity contribution < 1.29 is 0 Å². The molecule has 1 heteroatoms. The number of rotatable bonds is 6. The Bertz CT molecular complexity index is 2140. The molecule has 7 aromatic carbocycles. The second-order valence-corrected chi connectivity index (χ2v) is 14.3. The molecule has 238 valence electrons. The SMILES string of the molecule is CC1(C)c2ccccc2-c2ccc(-c3ccc(N(c4ccc(-c5ccccc5)cc4)c4ccc(-c5ccccc5)cc4)cc3)cc2C1(C)C. The van der Waals surface area contributed by atoms with E-state index in [4.69, 9.17) is 0 Å². The van der Waals surface area contributed by atoms with Crippen molar-refractivity contribution in [2.75, 3.05) is 4.90 Å². The van der Waals surface area contributed by atoms with Gasteiger partial charge < -0.3 is 4.90 Å². The lowest BCUT2D eigenvalue weighted by atomic mass is 9.55. The molecule has 49 heavy (non-hydrogen) atoms. The first kappa shape index (κ1) is 30.7. The smallest absolute Gasteiger partial charge is 0.0462 e. The van der Waals surface area contributed by atoms with Crippen LogP contribution in [0.25, 0.3) is 44.5 Å². The van der Waals surface area contributed by atoms with Crippen LogP contribution in [0.5, 0.6) is 0 Å². The minimum atomic E-state index is -0.0265. The summed E-state index contributed by atoms with van der Waals surface area (Å²) in [5.74, 6) is 0. The predicted molar refractivity (Wildman–Crippen MR) is 209 cm³/mol. The fourth-order valence-corrected chi connectivity index (χ4v) is 7.53. The third-order valence-corrected chi connectivity index (χ3v) is 11.1. The normalized spacial score (nSPS) is 14.0. The molecule has 1 nitrogen and oxygen atoms in total. The summed E-state index contributed by atoms with van der Waals surface area (Å²) in [7, 11) is 0. The van der Waals surface area contributed by atoms with Gasteiger partial charge in [0.05, 0.1) is 0 Å². The number of benzene rings is 7. The molecule has 0 saturated heterocycles. The third-order valence-electron chi connectivity index (χ3n) is 11.1. The summed E-state index contributed by atoms with van der Waals surface area (Å²) in [5, 5.41) is 0. The van der Waals surface area contributed by atoms with Crippen molar-refractivity contribution in [2.45, 2.75) is 38.5 Å². The lowest BCUT2D eigenvalue weighted by Gasteiger charge is -2.48. The number of nitrogens with zero attached hydrogens (tertiary/aromatic N) is 1. The Labute approximate surface area is 291 Å². The van der Waals surface area contributed by atoms with Crippen molar-refractivity contribution in [1.82, 2.24) is 0 Å². The van der Waals surface area contributed by atoms with Gasteiger partial charge in [0.25, 0.3) is 0 Å². The summed E-state index contributed by atoms with van der Waals surface area (Å²) >= 11 is 0. The molecule has 0 spiro atoms. The van der Waals surface area contributed by atoms with E-state index in [2.05, 4.69) is 209 Å². The van der Waals surface area contributed by atoms with Crippen LogP contribution < -0.4 is 4.90 Å². The second kappa shape index (κ2) is 12.1. The fourth-order valence-electron chi connectivity index (χ4n) is 7.53. The highest BCUT2D eigenvalue weighted by molar-refractivity contribution is 5.83. The Morgan fingerprint density at radius 3 is 1.14 bits per heavy atom. The van der Waals surface area contributed by atoms with Crippen molar-refractivity contribution in [3.05, 3.63) is 187 Å². The summed E-state index contributed by atoms with van der Waals surface area (Å²) in [6, 6.07) is 64.0. The topological polar surface area (TPSA) is 3.24 Å². The Balaban J connectivity index is 1.17. The van der Waals surface area contributed by atoms with E-state index in [1.807, 2.05) is 0 Å². The van der Waals surface area contributed by atoms with E-state index in [9.17, 15) is 0 Å². The van der Waals surface area contributed by atoms with Crippen LogP contribution in [0.3, 0.4) is 0 Å². The maximum atomic E-state index is 2.43. The quantitative estimate of drug-likeness (QED) is 0.176. The van der Waals surface area contributed by atoms with Crippen molar-refractivity contribution in [1.29, 1.82) is 0 Å². The third kappa shape index (κ3) is 5.36. The average molecular weight is 632 g/mol. The minimum absolute atomic E-state index is 0.00565. The van der Waals surface area contributed by atoms with Crippen LogP contribution in [-0.2, 0) is 10.8 Å². The van der Waals surface area contributed by atoms with E-state index in [0.717, 1.165) is 17.1 Å². The molecule has 0 bridgehead atoms. The zero-order valence-corrected chi connectivity index (χ0v) is 28.7. The molecule has 8 rings (SSSR count). The van der Waals surface area contributed by atoms with Gasteiger partial charge in [-0.1, -0.05) is 161 Å². The van der Waals surface area contributed by atoms with Gasteiger partial charge in [-0.2, -0.15) is 0 Å². The first-order chi connectivity index (χ1) is 23.8. The highest BCUT2D eigenvalue weighted by Crippen LogP contribution is 2.54. The molecule has 0 radical (unpaired) electrons. The van der Waals surface area contributed by atoms with Crippen LogP contribution in [0, 0.1) is 0 Å². The first-order valence-corrected chi connectivity index (χ1v) is 17.3. The molecule has 0 N–H and O–H groups in total. The molecule has 0 fully saturated rings. The zero-order valence-electron chi connectivity index (χ0n) is 28.7. The van der Waals surface area contributed by atoms with Gasteiger partial charge in [-0.05, 0) is 109 Å². The number of fused-ring (bicyclic) bond motifs is 3. The lowest BCUT2D eigenvalue weighted by molar-refractivity contribution is 0.299. The molecule has 0 unspecified atom stereocenters. The molecule has 7 aromatic rings. The van der Waals surface area contributed by atoms with E-state index in [1.165, 1.54) is 55.6 Å². The van der Waals surface area contributed by atoms with Crippen LogP contribution in [0.15, 0.2) is 176 Å². The molecular formula is C48H41N. The van der Waals surface area contributed by atoms with Crippen molar-refractivity contribution >= 4 is 17.1 Å².